The van der Waals surface area contributed by atoms with Gasteiger partial charge < -0.3 is 5.32 Å². The Kier molecular flexibility index (Phi) is 5.86. The minimum atomic E-state index is -3.23. The van der Waals surface area contributed by atoms with Crippen molar-refractivity contribution in [2.45, 2.75) is 38.3 Å². The molecule has 0 spiro atoms. The molecular weight excluding hydrogens is 340 g/mol. The highest BCUT2D eigenvalue weighted by Gasteiger charge is 2.41. The van der Waals surface area contributed by atoms with Crippen LogP contribution in [0.5, 0.6) is 0 Å². The Morgan fingerprint density at radius 1 is 1.36 bits per heavy atom. The van der Waals surface area contributed by atoms with Gasteiger partial charge in [-0.25, -0.2) is 8.42 Å². The number of hydrogen-bond acceptors (Lipinski definition) is 5. The van der Waals surface area contributed by atoms with E-state index in [2.05, 4.69) is 15.2 Å². The van der Waals surface area contributed by atoms with Gasteiger partial charge >= 0.3 is 0 Å². The number of aromatic nitrogens is 1. The number of nitrogens with zero attached hydrogens (tertiary/aromatic N) is 3. The van der Waals surface area contributed by atoms with Gasteiger partial charge in [0.15, 0.2) is 0 Å². The molecule has 1 amide bonds. The topological polar surface area (TPSA) is 82.6 Å². The molecule has 1 N–H and O–H groups in total. The number of likely N-dealkylation sites (N-methyl/N-ethyl adjacent to an activating group) is 1. The maximum atomic E-state index is 12.6. The number of carbonyl (C=O) groups excluding carboxylic acids is 1. The summed E-state index contributed by atoms with van der Waals surface area (Å²) in [7, 11) is -1.60. The summed E-state index contributed by atoms with van der Waals surface area (Å²) in [5, 5.41) is 2.75. The fourth-order valence-corrected chi connectivity index (χ4v) is 4.72. The summed E-state index contributed by atoms with van der Waals surface area (Å²) in [5.41, 5.74) is 0.0873. The van der Waals surface area contributed by atoms with Gasteiger partial charge in [0.1, 0.15) is 0 Å². The van der Waals surface area contributed by atoms with E-state index in [9.17, 15) is 13.2 Å². The van der Waals surface area contributed by atoms with Crippen LogP contribution in [0.15, 0.2) is 24.5 Å². The zero-order valence-corrected chi connectivity index (χ0v) is 16.4. The van der Waals surface area contributed by atoms with Crippen LogP contribution in [-0.4, -0.2) is 73.5 Å². The van der Waals surface area contributed by atoms with E-state index < -0.39 is 15.4 Å². The van der Waals surface area contributed by atoms with Crippen molar-refractivity contribution in [3.63, 3.8) is 0 Å². The lowest BCUT2D eigenvalue weighted by Crippen LogP contribution is -2.61. The maximum Gasteiger partial charge on any atom is 0.231 e. The minimum absolute atomic E-state index is 0.0200. The number of carbonyl (C=O) groups is 1. The molecule has 0 saturated carbocycles. The van der Waals surface area contributed by atoms with E-state index in [1.165, 1.54) is 10.6 Å². The molecule has 0 bridgehead atoms. The normalized spacial score (nSPS) is 25.3. The van der Waals surface area contributed by atoms with Gasteiger partial charge in [-0.15, -0.1) is 0 Å². The average Bonchev–Trinajstić information content (AvgIpc) is 2.56. The first kappa shape index (κ1) is 19.8. The van der Waals surface area contributed by atoms with Crippen molar-refractivity contribution in [2.75, 3.05) is 32.9 Å². The number of pyridine rings is 1. The summed E-state index contributed by atoms with van der Waals surface area (Å²) in [6.45, 7) is 7.32. The van der Waals surface area contributed by atoms with Crippen molar-refractivity contribution in [1.82, 2.24) is 19.5 Å². The number of piperazine rings is 1. The highest BCUT2D eigenvalue weighted by Crippen LogP contribution is 2.28. The first-order valence-electron chi connectivity index (χ1n) is 8.43. The van der Waals surface area contributed by atoms with Gasteiger partial charge in [0.25, 0.3) is 0 Å². The fourth-order valence-electron chi connectivity index (χ4n) is 3.51. The Labute approximate surface area is 150 Å². The second-order valence-corrected chi connectivity index (χ2v) is 9.05. The molecule has 0 aromatic carbocycles. The monoisotopic (exact) mass is 368 g/mol. The smallest absolute Gasteiger partial charge is 0.231 e. The van der Waals surface area contributed by atoms with Gasteiger partial charge in [0.2, 0.25) is 15.9 Å². The van der Waals surface area contributed by atoms with Crippen LogP contribution in [0.4, 0.5) is 0 Å². The number of sulfonamides is 1. The van der Waals surface area contributed by atoms with E-state index in [-0.39, 0.29) is 18.0 Å². The van der Waals surface area contributed by atoms with E-state index in [1.54, 1.807) is 19.4 Å². The first-order valence-corrected chi connectivity index (χ1v) is 10.3. The third-order valence-corrected chi connectivity index (χ3v) is 6.39. The Bertz CT molecular complexity index is 710. The Morgan fingerprint density at radius 3 is 2.56 bits per heavy atom. The molecule has 0 aliphatic carbocycles. The summed E-state index contributed by atoms with van der Waals surface area (Å²) in [5.74, 6) is -0.0779. The van der Waals surface area contributed by atoms with Crippen LogP contribution in [0, 0.1) is 0 Å². The van der Waals surface area contributed by atoms with Crippen LogP contribution in [0.25, 0.3) is 0 Å². The lowest BCUT2D eigenvalue weighted by molar-refractivity contribution is -0.127. The zero-order chi connectivity index (χ0) is 18.8. The summed E-state index contributed by atoms with van der Waals surface area (Å²) < 4.78 is 25.4. The van der Waals surface area contributed by atoms with Gasteiger partial charge in [0, 0.05) is 51.2 Å². The van der Waals surface area contributed by atoms with Gasteiger partial charge in [-0.1, -0.05) is 6.07 Å². The van der Waals surface area contributed by atoms with E-state index in [1.807, 2.05) is 32.9 Å². The lowest BCUT2D eigenvalue weighted by Gasteiger charge is -2.45. The maximum absolute atomic E-state index is 12.6. The van der Waals surface area contributed by atoms with Gasteiger partial charge in [-0.2, -0.15) is 4.31 Å². The quantitative estimate of drug-likeness (QED) is 0.815. The molecule has 1 saturated heterocycles. The van der Waals surface area contributed by atoms with E-state index >= 15 is 0 Å². The van der Waals surface area contributed by atoms with Crippen molar-refractivity contribution in [1.29, 1.82) is 0 Å². The predicted octanol–water partition coefficient (Wildman–Crippen LogP) is 0.440. The molecule has 1 aromatic heterocycles. The van der Waals surface area contributed by atoms with E-state index in [0.29, 0.717) is 19.6 Å². The molecular formula is C17H28N4O3S. The average molecular weight is 369 g/mol. The van der Waals surface area contributed by atoms with Gasteiger partial charge in [0.05, 0.1) is 11.7 Å². The third kappa shape index (κ3) is 4.19. The summed E-state index contributed by atoms with van der Waals surface area (Å²) >= 11 is 0. The van der Waals surface area contributed by atoms with Crippen LogP contribution in [-0.2, 0) is 20.2 Å². The highest BCUT2D eigenvalue weighted by molar-refractivity contribution is 7.88. The van der Waals surface area contributed by atoms with Crippen LogP contribution < -0.4 is 5.32 Å². The Hall–Kier alpha value is -1.51. The molecule has 2 heterocycles. The molecule has 7 nitrogen and oxygen atoms in total. The van der Waals surface area contributed by atoms with Crippen LogP contribution >= 0.6 is 0 Å². The first-order chi connectivity index (χ1) is 11.6. The molecule has 1 aromatic rings. The molecule has 2 rings (SSSR count). The molecule has 3 unspecified atom stereocenters. The molecule has 1 fully saturated rings. The molecule has 1 aliphatic rings. The van der Waals surface area contributed by atoms with Gasteiger partial charge in [-0.3, -0.25) is 14.7 Å². The number of nitrogens with one attached hydrogen (secondary N) is 1. The van der Waals surface area contributed by atoms with Crippen LogP contribution in [0.1, 0.15) is 26.3 Å². The SMILES string of the molecule is CNC(=O)C(C)(CN1CC(C)N(S(C)(=O)=O)CC1C)c1cccnc1. The molecule has 0 radical (unpaired) electrons. The number of rotatable bonds is 5. The molecule has 140 valence electrons. The standard InChI is InChI=1S/C17H28N4O3S/c1-13-11-21(25(5,23)24)14(2)10-20(13)12-17(3,16(22)18-4)15-7-6-8-19-9-15/h6-9,13-14H,10-12H2,1-5H3,(H,18,22). The Morgan fingerprint density at radius 2 is 2.04 bits per heavy atom. The molecule has 25 heavy (non-hydrogen) atoms. The van der Waals surface area contributed by atoms with Crippen molar-refractivity contribution >= 4 is 15.9 Å². The summed E-state index contributed by atoms with van der Waals surface area (Å²) in [4.78, 5) is 19.0. The Balaban J connectivity index is 2.27. The fraction of sp³-hybridized carbons (Fsp3) is 0.647. The van der Waals surface area contributed by atoms with E-state index in [4.69, 9.17) is 0 Å². The largest absolute Gasteiger partial charge is 0.358 e. The van der Waals surface area contributed by atoms with Crippen LogP contribution in [0.2, 0.25) is 0 Å². The van der Waals surface area contributed by atoms with E-state index in [0.717, 1.165) is 5.56 Å². The number of amides is 1. The number of hydrogen-bond donors (Lipinski definition) is 1. The molecule has 8 heteroatoms. The van der Waals surface area contributed by atoms with Crippen molar-refractivity contribution in [2.24, 2.45) is 0 Å². The van der Waals surface area contributed by atoms with Crippen molar-refractivity contribution in [3.8, 4) is 0 Å². The van der Waals surface area contributed by atoms with Crippen molar-refractivity contribution in [3.05, 3.63) is 30.1 Å². The summed E-state index contributed by atoms with van der Waals surface area (Å²) in [6.07, 6.45) is 4.65. The minimum Gasteiger partial charge on any atom is -0.358 e. The third-order valence-electron chi connectivity index (χ3n) is 5.03. The second kappa shape index (κ2) is 7.39. The zero-order valence-electron chi connectivity index (χ0n) is 15.6. The van der Waals surface area contributed by atoms with Crippen LogP contribution in [0.3, 0.4) is 0 Å². The van der Waals surface area contributed by atoms with Crippen molar-refractivity contribution < 1.29 is 13.2 Å². The van der Waals surface area contributed by atoms with Gasteiger partial charge in [-0.05, 0) is 32.4 Å². The second-order valence-electron chi connectivity index (χ2n) is 7.11. The highest BCUT2D eigenvalue weighted by atomic mass is 32.2. The lowest BCUT2D eigenvalue weighted by atomic mass is 9.81. The molecule has 3 atom stereocenters. The predicted molar refractivity (Wildman–Crippen MR) is 97.7 cm³/mol. The molecule has 1 aliphatic heterocycles. The summed E-state index contributed by atoms with van der Waals surface area (Å²) in [6, 6.07) is 3.62.